The zero-order valence-corrected chi connectivity index (χ0v) is 10.5. The Kier molecular flexibility index (Phi) is 4.00. The lowest BCUT2D eigenvalue weighted by atomic mass is 9.73. The van der Waals surface area contributed by atoms with Crippen molar-refractivity contribution in [3.8, 4) is 0 Å². The molecule has 1 atom stereocenters. The van der Waals surface area contributed by atoms with Crippen LogP contribution in [0.5, 0.6) is 0 Å². The van der Waals surface area contributed by atoms with E-state index < -0.39 is 0 Å². The van der Waals surface area contributed by atoms with E-state index in [4.69, 9.17) is 0 Å². The number of likely N-dealkylation sites (N-methyl/N-ethyl adjacent to an activating group) is 1. The van der Waals surface area contributed by atoms with Crippen molar-refractivity contribution >= 4 is 0 Å². The third-order valence-corrected chi connectivity index (χ3v) is 3.84. The second-order valence-corrected chi connectivity index (χ2v) is 5.02. The first-order valence-electron chi connectivity index (χ1n) is 6.58. The minimum Gasteiger partial charge on any atom is -0.316 e. The second kappa shape index (κ2) is 5.49. The molecule has 1 N–H and O–H groups in total. The van der Waals surface area contributed by atoms with Gasteiger partial charge in [0.2, 0.25) is 0 Å². The molecule has 1 aromatic rings. The number of aryl methyl sites for hydroxylation is 1. The average molecular weight is 217 g/mol. The van der Waals surface area contributed by atoms with E-state index >= 15 is 0 Å². The highest BCUT2D eigenvalue weighted by Crippen LogP contribution is 2.38. The highest BCUT2D eigenvalue weighted by molar-refractivity contribution is 5.25. The van der Waals surface area contributed by atoms with Gasteiger partial charge in [-0.05, 0) is 43.7 Å². The molecule has 88 valence electrons. The highest BCUT2D eigenvalue weighted by Gasteiger charge is 2.27. The van der Waals surface area contributed by atoms with Crippen LogP contribution in [0, 0.1) is 12.8 Å². The van der Waals surface area contributed by atoms with Gasteiger partial charge in [-0.2, -0.15) is 0 Å². The molecule has 0 aromatic heterocycles. The van der Waals surface area contributed by atoms with Crippen LogP contribution in [0.2, 0.25) is 0 Å². The van der Waals surface area contributed by atoms with E-state index in [1.165, 1.54) is 30.4 Å². The topological polar surface area (TPSA) is 12.0 Å². The average Bonchev–Trinajstić information content (AvgIpc) is 2.23. The Hall–Kier alpha value is -0.820. The van der Waals surface area contributed by atoms with Gasteiger partial charge in [-0.25, -0.2) is 0 Å². The molecule has 0 heterocycles. The molecule has 1 heteroatoms. The molecular weight excluding hydrogens is 194 g/mol. The minimum absolute atomic E-state index is 0.731. The molecule has 1 aliphatic carbocycles. The van der Waals surface area contributed by atoms with Gasteiger partial charge in [0.15, 0.2) is 0 Å². The van der Waals surface area contributed by atoms with Crippen molar-refractivity contribution in [2.45, 2.75) is 39.0 Å². The van der Waals surface area contributed by atoms with Crippen LogP contribution in [-0.4, -0.2) is 13.1 Å². The number of benzene rings is 1. The van der Waals surface area contributed by atoms with Gasteiger partial charge in [0, 0.05) is 6.54 Å². The van der Waals surface area contributed by atoms with Crippen LogP contribution in [0.1, 0.15) is 43.2 Å². The van der Waals surface area contributed by atoms with E-state index in [0.717, 1.165) is 24.9 Å². The third kappa shape index (κ3) is 2.65. The summed E-state index contributed by atoms with van der Waals surface area (Å²) in [7, 11) is 0. The minimum atomic E-state index is 0.731. The first-order valence-corrected chi connectivity index (χ1v) is 6.58. The van der Waals surface area contributed by atoms with E-state index in [9.17, 15) is 0 Å². The normalized spacial score (nSPS) is 18.1. The fourth-order valence-electron chi connectivity index (χ4n) is 2.51. The molecule has 1 aliphatic rings. The van der Waals surface area contributed by atoms with E-state index in [0.29, 0.717) is 0 Å². The third-order valence-electron chi connectivity index (χ3n) is 3.84. The van der Waals surface area contributed by atoms with Crippen molar-refractivity contribution < 1.29 is 0 Å². The maximum Gasteiger partial charge on any atom is 0.00227 e. The maximum absolute atomic E-state index is 3.51. The Labute approximate surface area is 99.3 Å². The summed E-state index contributed by atoms with van der Waals surface area (Å²) in [4.78, 5) is 0. The predicted octanol–water partition coefficient (Wildman–Crippen LogP) is 3.49. The van der Waals surface area contributed by atoms with Crippen LogP contribution < -0.4 is 5.32 Å². The highest BCUT2D eigenvalue weighted by atomic mass is 14.8. The van der Waals surface area contributed by atoms with Gasteiger partial charge < -0.3 is 5.32 Å². The van der Waals surface area contributed by atoms with Crippen LogP contribution >= 0.6 is 0 Å². The summed E-state index contributed by atoms with van der Waals surface area (Å²) in [5.41, 5.74) is 2.89. The number of nitrogens with one attached hydrogen (secondary N) is 1. The summed E-state index contributed by atoms with van der Waals surface area (Å²) in [5, 5.41) is 3.51. The van der Waals surface area contributed by atoms with Crippen LogP contribution in [0.25, 0.3) is 0 Å². The Morgan fingerprint density at radius 1 is 1.25 bits per heavy atom. The van der Waals surface area contributed by atoms with E-state index in [1.807, 2.05) is 0 Å². The van der Waals surface area contributed by atoms with Crippen molar-refractivity contribution in [1.29, 1.82) is 0 Å². The maximum atomic E-state index is 3.51. The SMILES string of the molecule is CCNCC(c1ccc(C)cc1)C1CCC1. The molecule has 1 saturated carbocycles. The van der Waals surface area contributed by atoms with Crippen molar-refractivity contribution in [3.05, 3.63) is 35.4 Å². The Morgan fingerprint density at radius 3 is 2.44 bits per heavy atom. The molecule has 1 aromatic carbocycles. The van der Waals surface area contributed by atoms with Crippen LogP contribution in [0.3, 0.4) is 0 Å². The molecule has 0 amide bonds. The largest absolute Gasteiger partial charge is 0.316 e. The monoisotopic (exact) mass is 217 g/mol. The van der Waals surface area contributed by atoms with Gasteiger partial charge >= 0.3 is 0 Å². The molecular formula is C15H23N. The van der Waals surface area contributed by atoms with E-state index in [1.54, 1.807) is 0 Å². The van der Waals surface area contributed by atoms with Crippen molar-refractivity contribution in [2.24, 2.45) is 5.92 Å². The standard InChI is InChI=1S/C15H23N/c1-3-16-11-15(13-5-4-6-13)14-9-7-12(2)8-10-14/h7-10,13,15-16H,3-6,11H2,1-2H3. The Morgan fingerprint density at radius 2 is 1.94 bits per heavy atom. The number of hydrogen-bond acceptors (Lipinski definition) is 1. The molecule has 1 fully saturated rings. The lowest BCUT2D eigenvalue weighted by Gasteiger charge is -2.34. The fraction of sp³-hybridized carbons (Fsp3) is 0.600. The molecule has 16 heavy (non-hydrogen) atoms. The van der Waals surface area contributed by atoms with Crippen LogP contribution in [-0.2, 0) is 0 Å². The summed E-state index contributed by atoms with van der Waals surface area (Å²) in [6.07, 6.45) is 4.27. The molecule has 2 rings (SSSR count). The van der Waals surface area contributed by atoms with Gasteiger partial charge in [0.1, 0.15) is 0 Å². The predicted molar refractivity (Wildman–Crippen MR) is 69.8 cm³/mol. The number of rotatable bonds is 5. The lowest BCUT2D eigenvalue weighted by Crippen LogP contribution is -2.30. The van der Waals surface area contributed by atoms with Gasteiger partial charge in [-0.15, -0.1) is 0 Å². The van der Waals surface area contributed by atoms with Crippen LogP contribution in [0.4, 0.5) is 0 Å². The van der Waals surface area contributed by atoms with E-state index in [2.05, 4.69) is 43.4 Å². The first kappa shape index (κ1) is 11.7. The molecule has 1 unspecified atom stereocenters. The quantitative estimate of drug-likeness (QED) is 0.796. The van der Waals surface area contributed by atoms with Crippen molar-refractivity contribution in [1.82, 2.24) is 5.32 Å². The molecule has 0 spiro atoms. The smallest absolute Gasteiger partial charge is 0.00227 e. The molecule has 0 saturated heterocycles. The summed E-state index contributed by atoms with van der Waals surface area (Å²) in [5.74, 6) is 1.65. The van der Waals surface area contributed by atoms with Crippen molar-refractivity contribution in [2.75, 3.05) is 13.1 Å². The number of hydrogen-bond donors (Lipinski definition) is 1. The summed E-state index contributed by atoms with van der Waals surface area (Å²) < 4.78 is 0. The van der Waals surface area contributed by atoms with E-state index in [-0.39, 0.29) is 0 Å². The molecule has 0 bridgehead atoms. The van der Waals surface area contributed by atoms with Gasteiger partial charge in [-0.3, -0.25) is 0 Å². The fourth-order valence-corrected chi connectivity index (χ4v) is 2.51. The first-order chi connectivity index (χ1) is 7.81. The molecule has 0 radical (unpaired) electrons. The Bertz CT molecular complexity index is 311. The van der Waals surface area contributed by atoms with Gasteiger partial charge in [-0.1, -0.05) is 43.2 Å². The zero-order chi connectivity index (χ0) is 11.4. The Balaban J connectivity index is 2.07. The van der Waals surface area contributed by atoms with Gasteiger partial charge in [0.05, 0.1) is 0 Å². The second-order valence-electron chi connectivity index (χ2n) is 5.02. The summed E-state index contributed by atoms with van der Waals surface area (Å²) >= 11 is 0. The summed E-state index contributed by atoms with van der Waals surface area (Å²) in [6.45, 7) is 6.57. The van der Waals surface area contributed by atoms with Crippen LogP contribution in [0.15, 0.2) is 24.3 Å². The van der Waals surface area contributed by atoms with Gasteiger partial charge in [0.25, 0.3) is 0 Å². The molecule has 1 nitrogen and oxygen atoms in total. The lowest BCUT2D eigenvalue weighted by molar-refractivity contribution is 0.256. The summed E-state index contributed by atoms with van der Waals surface area (Å²) in [6, 6.07) is 9.12. The zero-order valence-electron chi connectivity index (χ0n) is 10.5. The van der Waals surface area contributed by atoms with Crippen molar-refractivity contribution in [3.63, 3.8) is 0 Å². The molecule has 0 aliphatic heterocycles.